The van der Waals surface area contributed by atoms with E-state index in [0.717, 1.165) is 24.5 Å². The Morgan fingerprint density at radius 1 is 1.39 bits per heavy atom. The molecule has 5 heteroatoms. The highest BCUT2D eigenvalue weighted by Crippen LogP contribution is 2.37. The van der Waals surface area contributed by atoms with Gasteiger partial charge in [0.05, 0.1) is 7.11 Å². The molecule has 0 bridgehead atoms. The molecular weight excluding hydrogens is 234 g/mol. The number of nitrogens with zero attached hydrogens (tertiary/aromatic N) is 1. The van der Waals surface area contributed by atoms with E-state index in [0.29, 0.717) is 12.5 Å². The van der Waals surface area contributed by atoms with Crippen molar-refractivity contribution < 1.29 is 19.0 Å². The Morgan fingerprint density at radius 3 is 3.06 bits per heavy atom. The molecular formula is C13H15NO4. The molecule has 0 saturated carbocycles. The van der Waals surface area contributed by atoms with Gasteiger partial charge in [-0.05, 0) is 24.1 Å². The van der Waals surface area contributed by atoms with E-state index in [4.69, 9.17) is 14.2 Å². The van der Waals surface area contributed by atoms with E-state index in [1.807, 2.05) is 18.2 Å². The number of ether oxygens (including phenoxy) is 3. The molecule has 0 N–H and O–H groups in total. The summed E-state index contributed by atoms with van der Waals surface area (Å²) in [5.74, 6) is 1.93. The van der Waals surface area contributed by atoms with E-state index in [1.165, 1.54) is 12.7 Å². The van der Waals surface area contributed by atoms with Gasteiger partial charge in [0.25, 0.3) is 0 Å². The summed E-state index contributed by atoms with van der Waals surface area (Å²) in [5, 5.41) is 0. The Kier molecular flexibility index (Phi) is 2.74. The molecule has 1 aromatic carbocycles. The predicted octanol–water partition coefficient (Wildman–Crippen LogP) is 1.97. The molecule has 1 aromatic rings. The number of hydrogen-bond acceptors (Lipinski definition) is 4. The maximum Gasteiger partial charge on any atom is 0.409 e. The lowest BCUT2D eigenvalue weighted by Gasteiger charge is -2.15. The van der Waals surface area contributed by atoms with E-state index in [9.17, 15) is 4.79 Å². The molecule has 1 amide bonds. The van der Waals surface area contributed by atoms with Crippen LogP contribution in [-0.2, 0) is 4.74 Å². The number of rotatable bonds is 1. The van der Waals surface area contributed by atoms with Gasteiger partial charge in [-0.25, -0.2) is 4.79 Å². The Bertz CT molecular complexity index is 474. The molecule has 1 fully saturated rings. The van der Waals surface area contributed by atoms with Crippen molar-refractivity contribution in [3.63, 3.8) is 0 Å². The summed E-state index contributed by atoms with van der Waals surface area (Å²) in [6.07, 6.45) is 0.701. The number of likely N-dealkylation sites (tertiary alicyclic amines) is 1. The summed E-state index contributed by atoms with van der Waals surface area (Å²) in [4.78, 5) is 13.2. The van der Waals surface area contributed by atoms with Gasteiger partial charge in [0.1, 0.15) is 0 Å². The van der Waals surface area contributed by atoms with Crippen molar-refractivity contribution in [2.24, 2.45) is 0 Å². The number of benzene rings is 1. The van der Waals surface area contributed by atoms with Gasteiger partial charge in [-0.1, -0.05) is 6.07 Å². The average Bonchev–Trinajstić information content (AvgIpc) is 3.05. The summed E-state index contributed by atoms with van der Waals surface area (Å²) < 4.78 is 15.4. The molecule has 1 unspecified atom stereocenters. The van der Waals surface area contributed by atoms with Crippen molar-refractivity contribution in [3.05, 3.63) is 23.8 Å². The van der Waals surface area contributed by atoms with E-state index < -0.39 is 0 Å². The summed E-state index contributed by atoms with van der Waals surface area (Å²) in [5.41, 5.74) is 1.19. The summed E-state index contributed by atoms with van der Waals surface area (Å²) >= 11 is 0. The highest BCUT2D eigenvalue weighted by Gasteiger charge is 2.28. The van der Waals surface area contributed by atoms with E-state index >= 15 is 0 Å². The Hall–Kier alpha value is -1.91. The minimum absolute atomic E-state index is 0.252. The first kappa shape index (κ1) is 11.2. The van der Waals surface area contributed by atoms with Crippen molar-refractivity contribution in [3.8, 4) is 11.5 Å². The van der Waals surface area contributed by atoms with Gasteiger partial charge >= 0.3 is 6.09 Å². The first-order chi connectivity index (χ1) is 8.78. The van der Waals surface area contributed by atoms with Crippen molar-refractivity contribution in [1.29, 1.82) is 0 Å². The van der Waals surface area contributed by atoms with Crippen LogP contribution in [0.5, 0.6) is 11.5 Å². The molecule has 0 spiro atoms. The molecule has 2 aliphatic rings. The Labute approximate surface area is 105 Å². The first-order valence-corrected chi connectivity index (χ1v) is 6.00. The van der Waals surface area contributed by atoms with Crippen LogP contribution in [0.25, 0.3) is 0 Å². The second kappa shape index (κ2) is 4.40. The fourth-order valence-electron chi connectivity index (χ4n) is 2.49. The Morgan fingerprint density at radius 2 is 2.22 bits per heavy atom. The van der Waals surface area contributed by atoms with Crippen molar-refractivity contribution in [1.82, 2.24) is 4.90 Å². The second-order valence-electron chi connectivity index (χ2n) is 4.51. The molecule has 2 aliphatic heterocycles. The SMILES string of the molecule is COC(=O)N1CCC(c2ccc3c(c2)OCO3)C1. The standard InChI is InChI=1S/C13H15NO4/c1-16-13(15)14-5-4-10(7-14)9-2-3-11-12(6-9)18-8-17-11/h2-3,6,10H,4-5,7-8H2,1H3. The lowest BCUT2D eigenvalue weighted by atomic mass is 9.98. The fourth-order valence-corrected chi connectivity index (χ4v) is 2.49. The van der Waals surface area contributed by atoms with E-state index in [1.54, 1.807) is 4.90 Å². The first-order valence-electron chi connectivity index (χ1n) is 6.00. The number of carbonyl (C=O) groups excluding carboxylic acids is 1. The van der Waals surface area contributed by atoms with Crippen LogP contribution in [0, 0.1) is 0 Å². The van der Waals surface area contributed by atoms with Crippen LogP contribution >= 0.6 is 0 Å². The molecule has 3 rings (SSSR count). The molecule has 5 nitrogen and oxygen atoms in total. The highest BCUT2D eigenvalue weighted by molar-refractivity contribution is 5.68. The van der Waals surface area contributed by atoms with Crippen LogP contribution in [0.2, 0.25) is 0 Å². The third-order valence-electron chi connectivity index (χ3n) is 3.49. The molecule has 18 heavy (non-hydrogen) atoms. The maximum atomic E-state index is 11.4. The predicted molar refractivity (Wildman–Crippen MR) is 63.9 cm³/mol. The molecule has 0 radical (unpaired) electrons. The van der Waals surface area contributed by atoms with Crippen LogP contribution in [0.15, 0.2) is 18.2 Å². The van der Waals surface area contributed by atoms with Gasteiger partial charge in [0.2, 0.25) is 6.79 Å². The fraction of sp³-hybridized carbons (Fsp3) is 0.462. The summed E-state index contributed by atoms with van der Waals surface area (Å²) in [6.45, 7) is 1.73. The average molecular weight is 249 g/mol. The highest BCUT2D eigenvalue weighted by atomic mass is 16.7. The molecule has 0 aliphatic carbocycles. The van der Waals surface area contributed by atoms with Gasteiger partial charge < -0.3 is 19.1 Å². The summed E-state index contributed by atoms with van der Waals surface area (Å²) in [7, 11) is 1.41. The number of fused-ring (bicyclic) bond motifs is 1. The van der Waals surface area contributed by atoms with Crippen LogP contribution in [0.4, 0.5) is 4.79 Å². The van der Waals surface area contributed by atoms with Gasteiger partial charge in [0, 0.05) is 19.0 Å². The zero-order chi connectivity index (χ0) is 12.5. The van der Waals surface area contributed by atoms with Gasteiger partial charge in [-0.3, -0.25) is 0 Å². The number of amides is 1. The minimum Gasteiger partial charge on any atom is -0.454 e. The lowest BCUT2D eigenvalue weighted by molar-refractivity contribution is 0.132. The van der Waals surface area contributed by atoms with E-state index in [2.05, 4.69) is 0 Å². The molecule has 1 atom stereocenters. The molecule has 96 valence electrons. The summed E-state index contributed by atoms with van der Waals surface area (Å²) in [6, 6.07) is 5.98. The van der Waals surface area contributed by atoms with E-state index in [-0.39, 0.29) is 12.9 Å². The van der Waals surface area contributed by atoms with Crippen LogP contribution in [0.1, 0.15) is 17.9 Å². The monoisotopic (exact) mass is 249 g/mol. The smallest absolute Gasteiger partial charge is 0.409 e. The van der Waals surface area contributed by atoms with Crippen molar-refractivity contribution >= 4 is 6.09 Å². The normalized spacial score (nSPS) is 21.2. The molecule has 0 aromatic heterocycles. The lowest BCUT2D eigenvalue weighted by Crippen LogP contribution is -2.28. The maximum absolute atomic E-state index is 11.4. The van der Waals surface area contributed by atoms with Gasteiger partial charge in [0.15, 0.2) is 11.5 Å². The molecule has 1 saturated heterocycles. The minimum atomic E-state index is -0.252. The zero-order valence-electron chi connectivity index (χ0n) is 10.2. The third kappa shape index (κ3) is 1.85. The van der Waals surface area contributed by atoms with Gasteiger partial charge in [-0.2, -0.15) is 0 Å². The number of carbonyl (C=O) groups is 1. The molecule has 2 heterocycles. The third-order valence-corrected chi connectivity index (χ3v) is 3.49. The van der Waals surface area contributed by atoms with Crippen LogP contribution in [-0.4, -0.2) is 38.0 Å². The zero-order valence-corrected chi connectivity index (χ0v) is 10.2. The van der Waals surface area contributed by atoms with Crippen molar-refractivity contribution in [2.45, 2.75) is 12.3 Å². The second-order valence-corrected chi connectivity index (χ2v) is 4.51. The van der Waals surface area contributed by atoms with Gasteiger partial charge in [-0.15, -0.1) is 0 Å². The number of hydrogen-bond donors (Lipinski definition) is 0. The Balaban J connectivity index is 1.75. The largest absolute Gasteiger partial charge is 0.454 e. The van der Waals surface area contributed by atoms with Crippen LogP contribution in [0.3, 0.4) is 0 Å². The van der Waals surface area contributed by atoms with Crippen molar-refractivity contribution in [2.75, 3.05) is 27.0 Å². The quantitative estimate of drug-likeness (QED) is 0.763. The number of methoxy groups -OCH3 is 1. The topological polar surface area (TPSA) is 48.0 Å². The van der Waals surface area contributed by atoms with Crippen LogP contribution < -0.4 is 9.47 Å².